The lowest BCUT2D eigenvalue weighted by Gasteiger charge is -2.19. The fourth-order valence-corrected chi connectivity index (χ4v) is 2.94. The van der Waals surface area contributed by atoms with E-state index in [1.165, 1.54) is 6.33 Å². The van der Waals surface area contributed by atoms with Gasteiger partial charge >= 0.3 is 5.69 Å². The number of aromatic nitrogens is 2. The molecule has 0 atom stereocenters. The van der Waals surface area contributed by atoms with Gasteiger partial charge in [-0.05, 0) is 30.3 Å². The van der Waals surface area contributed by atoms with Crippen molar-refractivity contribution in [2.24, 2.45) is 0 Å². The summed E-state index contributed by atoms with van der Waals surface area (Å²) in [6.45, 7) is 0. The molecule has 3 rings (SSSR count). The molecule has 0 saturated heterocycles. The van der Waals surface area contributed by atoms with Crippen molar-refractivity contribution in [1.82, 2.24) is 9.97 Å². The maximum absolute atomic E-state index is 11.7. The van der Waals surface area contributed by atoms with E-state index in [4.69, 9.17) is 23.2 Å². The van der Waals surface area contributed by atoms with Crippen LogP contribution in [0.2, 0.25) is 10.0 Å². The molecule has 1 aromatic heterocycles. The van der Waals surface area contributed by atoms with Gasteiger partial charge in [0.05, 0.1) is 4.92 Å². The van der Waals surface area contributed by atoms with Crippen LogP contribution in [0.15, 0.2) is 54.9 Å². The van der Waals surface area contributed by atoms with Crippen molar-refractivity contribution in [2.75, 3.05) is 17.3 Å². The van der Waals surface area contributed by atoms with Gasteiger partial charge in [0.15, 0.2) is 0 Å². The number of para-hydroxylation sites is 1. The third-order valence-corrected chi connectivity index (χ3v) is 4.01. The third-order valence-electron chi connectivity index (χ3n) is 3.57. The number of halogens is 2. The summed E-state index contributed by atoms with van der Waals surface area (Å²) in [5.41, 5.74) is 0.985. The minimum Gasteiger partial charge on any atom is -0.334 e. The zero-order chi connectivity index (χ0) is 18.7. The van der Waals surface area contributed by atoms with Crippen molar-refractivity contribution >= 4 is 51.9 Å². The van der Waals surface area contributed by atoms with Gasteiger partial charge < -0.3 is 10.2 Å². The van der Waals surface area contributed by atoms with Crippen molar-refractivity contribution in [3.05, 3.63) is 75.0 Å². The molecule has 0 aliphatic carbocycles. The van der Waals surface area contributed by atoms with E-state index in [9.17, 15) is 10.1 Å². The van der Waals surface area contributed by atoms with Gasteiger partial charge in [0, 0.05) is 28.5 Å². The van der Waals surface area contributed by atoms with Crippen LogP contribution in [0.3, 0.4) is 0 Å². The summed E-state index contributed by atoms with van der Waals surface area (Å²) in [5.74, 6) is 0.202. The van der Waals surface area contributed by atoms with E-state index in [2.05, 4.69) is 15.3 Å². The highest BCUT2D eigenvalue weighted by molar-refractivity contribution is 6.35. The molecule has 0 aliphatic rings. The Hall–Kier alpha value is -2.90. The molecule has 0 amide bonds. The SMILES string of the molecule is CN(c1ccccc1)c1ncnc(Nc2cc(Cl)cc(Cl)c2)c1[N+](=O)[O-]. The Balaban J connectivity index is 2.05. The monoisotopic (exact) mass is 389 g/mol. The third kappa shape index (κ3) is 3.84. The van der Waals surface area contributed by atoms with Gasteiger partial charge in [-0.15, -0.1) is 0 Å². The molecule has 1 N–H and O–H groups in total. The van der Waals surface area contributed by atoms with Crippen molar-refractivity contribution in [3.8, 4) is 0 Å². The second kappa shape index (κ2) is 7.55. The second-order valence-electron chi connectivity index (χ2n) is 5.33. The molecule has 0 bridgehead atoms. The summed E-state index contributed by atoms with van der Waals surface area (Å²) in [6, 6.07) is 14.0. The Bertz CT molecular complexity index is 933. The number of hydrogen-bond donors (Lipinski definition) is 1. The number of hydrogen-bond acceptors (Lipinski definition) is 6. The molecule has 0 aliphatic heterocycles. The van der Waals surface area contributed by atoms with Crippen molar-refractivity contribution in [1.29, 1.82) is 0 Å². The van der Waals surface area contributed by atoms with Gasteiger partial charge in [0.25, 0.3) is 0 Å². The van der Waals surface area contributed by atoms with E-state index < -0.39 is 4.92 Å². The zero-order valence-electron chi connectivity index (χ0n) is 13.6. The lowest BCUT2D eigenvalue weighted by Crippen LogP contribution is -2.15. The molecule has 1 heterocycles. The average molecular weight is 390 g/mol. The fraction of sp³-hybridized carbons (Fsp3) is 0.0588. The Kier molecular flexibility index (Phi) is 5.20. The average Bonchev–Trinajstić information content (AvgIpc) is 2.60. The van der Waals surface area contributed by atoms with Crippen LogP contribution < -0.4 is 10.2 Å². The summed E-state index contributed by atoms with van der Waals surface area (Å²) < 4.78 is 0. The number of rotatable bonds is 5. The van der Waals surface area contributed by atoms with Crippen molar-refractivity contribution in [2.45, 2.75) is 0 Å². The van der Waals surface area contributed by atoms with Gasteiger partial charge in [-0.3, -0.25) is 10.1 Å². The molecule has 0 radical (unpaired) electrons. The van der Waals surface area contributed by atoms with Crippen molar-refractivity contribution < 1.29 is 4.92 Å². The summed E-state index contributed by atoms with van der Waals surface area (Å²) in [6.07, 6.45) is 1.26. The van der Waals surface area contributed by atoms with E-state index in [1.807, 2.05) is 30.3 Å². The van der Waals surface area contributed by atoms with E-state index in [0.717, 1.165) is 5.69 Å². The topological polar surface area (TPSA) is 84.2 Å². The van der Waals surface area contributed by atoms with Gasteiger partial charge in [-0.2, -0.15) is 0 Å². The van der Waals surface area contributed by atoms with E-state index >= 15 is 0 Å². The standard InChI is InChI=1S/C17H13Cl2N5O2/c1-23(14-5-3-2-4-6-14)17-15(24(25)26)16(20-10-21-17)22-13-8-11(18)7-12(19)9-13/h2-10H,1H3,(H,20,21,22). The lowest BCUT2D eigenvalue weighted by atomic mass is 10.2. The molecule has 132 valence electrons. The van der Waals surface area contributed by atoms with Gasteiger partial charge in [0.2, 0.25) is 11.6 Å². The number of nitrogens with one attached hydrogen (secondary N) is 1. The normalized spacial score (nSPS) is 10.4. The predicted octanol–water partition coefficient (Wildman–Crippen LogP) is 5.20. The maximum Gasteiger partial charge on any atom is 0.354 e. The van der Waals surface area contributed by atoms with E-state index in [-0.39, 0.29) is 17.3 Å². The van der Waals surface area contributed by atoms with Crippen LogP contribution in [0.1, 0.15) is 0 Å². The van der Waals surface area contributed by atoms with Crippen LogP contribution in [0, 0.1) is 10.1 Å². The molecule has 2 aromatic carbocycles. The summed E-state index contributed by atoms with van der Waals surface area (Å²) in [7, 11) is 1.70. The Morgan fingerprint density at radius 1 is 1.08 bits per heavy atom. The first-order chi connectivity index (χ1) is 12.5. The van der Waals surface area contributed by atoms with Gasteiger partial charge in [-0.1, -0.05) is 41.4 Å². The van der Waals surface area contributed by atoms with Crippen LogP contribution >= 0.6 is 23.2 Å². The molecule has 0 fully saturated rings. The zero-order valence-corrected chi connectivity index (χ0v) is 15.1. The minimum atomic E-state index is -0.525. The summed E-state index contributed by atoms with van der Waals surface area (Å²) in [5, 5.41) is 15.4. The highest BCUT2D eigenvalue weighted by Gasteiger charge is 2.26. The van der Waals surface area contributed by atoms with E-state index in [1.54, 1.807) is 30.1 Å². The lowest BCUT2D eigenvalue weighted by molar-refractivity contribution is -0.383. The van der Waals surface area contributed by atoms with Gasteiger partial charge in [0.1, 0.15) is 6.33 Å². The van der Waals surface area contributed by atoms with E-state index in [0.29, 0.717) is 15.7 Å². The summed E-state index contributed by atoms with van der Waals surface area (Å²) in [4.78, 5) is 20.9. The molecular formula is C17H13Cl2N5O2. The van der Waals surface area contributed by atoms with Gasteiger partial charge in [-0.25, -0.2) is 9.97 Å². The smallest absolute Gasteiger partial charge is 0.334 e. The largest absolute Gasteiger partial charge is 0.354 e. The highest BCUT2D eigenvalue weighted by atomic mass is 35.5. The number of nitro groups is 1. The molecule has 9 heteroatoms. The molecule has 3 aromatic rings. The quantitative estimate of drug-likeness (QED) is 0.476. The first kappa shape index (κ1) is 17.9. The van der Waals surface area contributed by atoms with Crippen LogP contribution in [0.25, 0.3) is 0 Å². The Labute approximate surface area is 159 Å². The minimum absolute atomic E-state index is 0.0427. The molecule has 7 nitrogen and oxygen atoms in total. The van der Waals surface area contributed by atoms with Crippen LogP contribution in [0.5, 0.6) is 0 Å². The Morgan fingerprint density at radius 3 is 2.35 bits per heavy atom. The number of benzene rings is 2. The number of anilines is 4. The predicted molar refractivity (Wildman–Crippen MR) is 103 cm³/mol. The fourth-order valence-electron chi connectivity index (χ4n) is 2.41. The number of nitrogens with zero attached hydrogens (tertiary/aromatic N) is 4. The molecule has 0 spiro atoms. The van der Waals surface area contributed by atoms with Crippen LogP contribution in [-0.2, 0) is 0 Å². The maximum atomic E-state index is 11.7. The molecule has 0 unspecified atom stereocenters. The molecular weight excluding hydrogens is 377 g/mol. The second-order valence-corrected chi connectivity index (χ2v) is 6.20. The highest BCUT2D eigenvalue weighted by Crippen LogP contribution is 2.36. The first-order valence-corrected chi connectivity index (χ1v) is 8.22. The Morgan fingerprint density at radius 2 is 1.73 bits per heavy atom. The molecule has 26 heavy (non-hydrogen) atoms. The van der Waals surface area contributed by atoms with Crippen LogP contribution in [0.4, 0.5) is 28.7 Å². The van der Waals surface area contributed by atoms with Crippen molar-refractivity contribution in [3.63, 3.8) is 0 Å². The first-order valence-electron chi connectivity index (χ1n) is 7.47. The van der Waals surface area contributed by atoms with Crippen LogP contribution in [-0.4, -0.2) is 21.9 Å². The molecule has 0 saturated carbocycles. The summed E-state index contributed by atoms with van der Waals surface area (Å²) >= 11 is 12.0.